The lowest BCUT2D eigenvalue weighted by atomic mass is 10.0. The zero-order valence-electron chi connectivity index (χ0n) is 11.2. The lowest BCUT2D eigenvalue weighted by Crippen LogP contribution is -2.43. The van der Waals surface area contributed by atoms with Crippen molar-refractivity contribution < 1.29 is 5.11 Å². The zero-order chi connectivity index (χ0) is 12.5. The highest BCUT2D eigenvalue weighted by Gasteiger charge is 2.22. The van der Waals surface area contributed by atoms with Crippen molar-refractivity contribution in [3.05, 3.63) is 34.9 Å². The molecule has 1 aliphatic rings. The van der Waals surface area contributed by atoms with Gasteiger partial charge in [0.05, 0.1) is 6.61 Å². The van der Waals surface area contributed by atoms with Gasteiger partial charge in [0.25, 0.3) is 0 Å². The Morgan fingerprint density at radius 1 is 1.24 bits per heavy atom. The summed E-state index contributed by atoms with van der Waals surface area (Å²) < 4.78 is 0. The Morgan fingerprint density at radius 2 is 1.94 bits per heavy atom. The smallest absolute Gasteiger partial charge is 0.0610 e. The third-order valence-electron chi connectivity index (χ3n) is 4.00. The minimum absolute atomic E-state index is 0.154. The average molecular weight is 233 g/mol. The van der Waals surface area contributed by atoms with Crippen LogP contribution < -0.4 is 0 Å². The fourth-order valence-corrected chi connectivity index (χ4v) is 2.33. The number of rotatable bonds is 4. The van der Waals surface area contributed by atoms with Gasteiger partial charge < -0.3 is 5.11 Å². The summed E-state index contributed by atoms with van der Waals surface area (Å²) in [6.07, 6.45) is 3.78. The van der Waals surface area contributed by atoms with Gasteiger partial charge in [-0.05, 0) is 56.8 Å². The van der Waals surface area contributed by atoms with E-state index >= 15 is 0 Å². The van der Waals surface area contributed by atoms with Crippen LogP contribution in [0.1, 0.15) is 37.0 Å². The van der Waals surface area contributed by atoms with Crippen molar-refractivity contribution in [2.45, 2.75) is 45.2 Å². The van der Waals surface area contributed by atoms with Gasteiger partial charge in [-0.3, -0.25) is 4.90 Å². The number of hydrogen-bond donors (Lipinski definition) is 1. The van der Waals surface area contributed by atoms with Crippen molar-refractivity contribution >= 4 is 0 Å². The van der Waals surface area contributed by atoms with Gasteiger partial charge >= 0.3 is 0 Å². The predicted octanol–water partition coefficient (Wildman–Crippen LogP) is 2.38. The molecule has 94 valence electrons. The van der Waals surface area contributed by atoms with Crippen molar-refractivity contribution in [3.63, 3.8) is 0 Å². The Bertz CT molecular complexity index is 398. The van der Waals surface area contributed by atoms with Crippen LogP contribution in [0.3, 0.4) is 0 Å². The highest BCUT2D eigenvalue weighted by molar-refractivity contribution is 5.35. The van der Waals surface area contributed by atoms with Crippen LogP contribution in [0.5, 0.6) is 0 Å². The quantitative estimate of drug-likeness (QED) is 0.863. The van der Waals surface area contributed by atoms with E-state index in [1.807, 2.05) is 0 Å². The second-order valence-corrected chi connectivity index (χ2v) is 5.78. The standard InChI is InChI=1S/C15H23NO/c1-15(2,11-17)16(3)10-12-7-8-13-5-4-6-14(13)9-12/h7-9,17H,4-6,10-11H2,1-3H3. The maximum absolute atomic E-state index is 9.36. The summed E-state index contributed by atoms with van der Waals surface area (Å²) in [6, 6.07) is 6.85. The molecular weight excluding hydrogens is 210 g/mol. The molecule has 0 saturated carbocycles. The first-order valence-corrected chi connectivity index (χ1v) is 6.46. The van der Waals surface area contributed by atoms with E-state index in [0.29, 0.717) is 0 Å². The van der Waals surface area contributed by atoms with Gasteiger partial charge in [-0.2, -0.15) is 0 Å². The second-order valence-electron chi connectivity index (χ2n) is 5.78. The van der Waals surface area contributed by atoms with Crippen LogP contribution in [0.25, 0.3) is 0 Å². The molecule has 0 saturated heterocycles. The lowest BCUT2D eigenvalue weighted by molar-refractivity contribution is 0.0734. The molecule has 2 rings (SSSR count). The van der Waals surface area contributed by atoms with E-state index in [-0.39, 0.29) is 12.1 Å². The van der Waals surface area contributed by atoms with Crippen molar-refractivity contribution in [3.8, 4) is 0 Å². The summed E-state index contributed by atoms with van der Waals surface area (Å²) in [5.74, 6) is 0. The lowest BCUT2D eigenvalue weighted by Gasteiger charge is -2.34. The van der Waals surface area contributed by atoms with Gasteiger partial charge in [0.15, 0.2) is 0 Å². The molecule has 1 N–H and O–H groups in total. The minimum atomic E-state index is -0.154. The Morgan fingerprint density at radius 3 is 2.65 bits per heavy atom. The van der Waals surface area contributed by atoms with Crippen molar-refractivity contribution in [2.24, 2.45) is 0 Å². The van der Waals surface area contributed by atoms with Gasteiger partial charge in [-0.1, -0.05) is 18.2 Å². The summed E-state index contributed by atoms with van der Waals surface area (Å²) in [7, 11) is 2.07. The number of nitrogens with zero attached hydrogens (tertiary/aromatic N) is 1. The van der Waals surface area contributed by atoms with E-state index in [9.17, 15) is 5.11 Å². The van der Waals surface area contributed by atoms with E-state index in [4.69, 9.17) is 0 Å². The van der Waals surface area contributed by atoms with Crippen LogP contribution in [0.2, 0.25) is 0 Å². The van der Waals surface area contributed by atoms with Crippen LogP contribution in [0, 0.1) is 0 Å². The zero-order valence-corrected chi connectivity index (χ0v) is 11.2. The summed E-state index contributed by atoms with van der Waals surface area (Å²) in [5, 5.41) is 9.36. The normalized spacial score (nSPS) is 15.4. The molecule has 0 bridgehead atoms. The molecule has 0 aliphatic heterocycles. The first kappa shape index (κ1) is 12.6. The SMILES string of the molecule is CN(Cc1ccc2c(c1)CCC2)C(C)(C)CO. The third-order valence-corrected chi connectivity index (χ3v) is 4.00. The van der Waals surface area contributed by atoms with Gasteiger partial charge in [-0.25, -0.2) is 0 Å². The molecule has 0 aromatic heterocycles. The predicted molar refractivity (Wildman–Crippen MR) is 71.1 cm³/mol. The molecule has 0 fully saturated rings. The number of aliphatic hydroxyl groups is 1. The first-order chi connectivity index (χ1) is 8.03. The molecule has 1 aliphatic carbocycles. The summed E-state index contributed by atoms with van der Waals surface area (Å²) in [4.78, 5) is 2.21. The maximum atomic E-state index is 9.36. The molecule has 0 unspecified atom stereocenters. The van der Waals surface area contributed by atoms with Crippen molar-refractivity contribution in [1.29, 1.82) is 0 Å². The molecule has 0 radical (unpaired) electrons. The third kappa shape index (κ3) is 2.70. The Hall–Kier alpha value is -0.860. The van der Waals surface area contributed by atoms with E-state index in [2.05, 4.69) is 44.0 Å². The largest absolute Gasteiger partial charge is 0.394 e. The molecule has 2 nitrogen and oxygen atoms in total. The molecule has 0 spiro atoms. The molecule has 0 heterocycles. The van der Waals surface area contributed by atoms with Crippen LogP contribution in [0.15, 0.2) is 18.2 Å². The van der Waals surface area contributed by atoms with Gasteiger partial charge in [0, 0.05) is 12.1 Å². The van der Waals surface area contributed by atoms with E-state index in [0.717, 1.165) is 6.54 Å². The first-order valence-electron chi connectivity index (χ1n) is 6.46. The molecule has 0 atom stereocenters. The molecule has 0 amide bonds. The number of fused-ring (bicyclic) bond motifs is 1. The molecule has 2 heteroatoms. The fourth-order valence-electron chi connectivity index (χ4n) is 2.33. The monoisotopic (exact) mass is 233 g/mol. The number of likely N-dealkylation sites (N-methyl/N-ethyl adjacent to an activating group) is 1. The van der Waals surface area contributed by atoms with Crippen LogP contribution in [0.4, 0.5) is 0 Å². The molecule has 1 aromatic rings. The Kier molecular flexibility index (Phi) is 3.55. The van der Waals surface area contributed by atoms with Crippen LogP contribution in [-0.2, 0) is 19.4 Å². The van der Waals surface area contributed by atoms with Gasteiger partial charge in [0.2, 0.25) is 0 Å². The van der Waals surface area contributed by atoms with E-state index < -0.39 is 0 Å². The van der Waals surface area contributed by atoms with Crippen LogP contribution >= 0.6 is 0 Å². The van der Waals surface area contributed by atoms with E-state index in [1.54, 1.807) is 0 Å². The molecular formula is C15H23NO. The number of aliphatic hydroxyl groups excluding tert-OH is 1. The Labute approximate surface area is 104 Å². The molecule has 17 heavy (non-hydrogen) atoms. The second kappa shape index (κ2) is 4.79. The Balaban J connectivity index is 2.09. The van der Waals surface area contributed by atoms with Crippen molar-refractivity contribution in [1.82, 2.24) is 4.90 Å². The number of benzene rings is 1. The van der Waals surface area contributed by atoms with Crippen LogP contribution in [-0.4, -0.2) is 29.2 Å². The highest BCUT2D eigenvalue weighted by atomic mass is 16.3. The van der Waals surface area contributed by atoms with Crippen molar-refractivity contribution in [2.75, 3.05) is 13.7 Å². The number of hydrogen-bond acceptors (Lipinski definition) is 2. The maximum Gasteiger partial charge on any atom is 0.0610 e. The summed E-state index contributed by atoms with van der Waals surface area (Å²) in [5.41, 5.74) is 4.25. The summed E-state index contributed by atoms with van der Waals surface area (Å²) in [6.45, 7) is 5.23. The molecule has 1 aromatic carbocycles. The number of aryl methyl sites for hydroxylation is 2. The minimum Gasteiger partial charge on any atom is -0.394 e. The van der Waals surface area contributed by atoms with Gasteiger partial charge in [-0.15, -0.1) is 0 Å². The average Bonchev–Trinajstić information content (AvgIpc) is 2.76. The van der Waals surface area contributed by atoms with Gasteiger partial charge in [0.1, 0.15) is 0 Å². The fraction of sp³-hybridized carbons (Fsp3) is 0.600. The topological polar surface area (TPSA) is 23.5 Å². The highest BCUT2D eigenvalue weighted by Crippen LogP contribution is 2.24. The van der Waals surface area contributed by atoms with E-state index in [1.165, 1.54) is 36.0 Å². The summed E-state index contributed by atoms with van der Waals surface area (Å²) >= 11 is 0.